The molecule has 56 heavy (non-hydrogen) atoms. The molecule has 0 N–H and O–H groups in total. The monoisotopic (exact) mass is 717 g/mol. The van der Waals surface area contributed by atoms with Crippen LogP contribution < -0.4 is 0 Å². The number of nitriles is 1. The topological polar surface area (TPSA) is 101 Å². The molecule has 0 spiro atoms. The third-order valence-electron chi connectivity index (χ3n) is 9.37. The standard InChI is InChI=1S/C49H31N7/c50-32-33-27-42(38-23-13-25-40(29-38)48-53-44(34-15-5-1-6-16-34)51-45(54-48)35-17-7-2-8-18-35)31-43(28-33)39-24-14-26-41(30-39)49-55-46(36-19-9-3-10-20-36)52-47(56-49)37-21-11-4-12-22-37/h1-31H. The Balaban J connectivity index is 1.11. The van der Waals surface area contributed by atoms with Crippen LogP contribution in [0.25, 0.3) is 90.6 Å². The van der Waals surface area contributed by atoms with Crippen molar-refractivity contribution in [2.24, 2.45) is 0 Å². The van der Waals surface area contributed by atoms with Crippen LogP contribution in [0.1, 0.15) is 5.56 Å². The molecule has 7 nitrogen and oxygen atoms in total. The molecule has 0 saturated carbocycles. The van der Waals surface area contributed by atoms with Crippen LogP contribution in [0, 0.1) is 11.3 Å². The van der Waals surface area contributed by atoms with Crippen molar-refractivity contribution in [3.05, 3.63) is 194 Å². The maximum Gasteiger partial charge on any atom is 0.164 e. The molecule has 0 aliphatic carbocycles. The SMILES string of the molecule is N#Cc1cc(-c2cccc(-c3nc(-c4ccccc4)nc(-c4ccccc4)n3)c2)cc(-c2cccc(-c3nc(-c4ccccc4)nc(-c4ccccc4)n3)c2)c1. The minimum Gasteiger partial charge on any atom is -0.208 e. The Bertz CT molecular complexity index is 2550. The highest BCUT2D eigenvalue weighted by Crippen LogP contribution is 2.33. The Morgan fingerprint density at radius 3 is 0.804 bits per heavy atom. The van der Waals surface area contributed by atoms with Gasteiger partial charge in [-0.15, -0.1) is 0 Å². The Morgan fingerprint density at radius 1 is 0.250 bits per heavy atom. The third kappa shape index (κ3) is 7.19. The van der Waals surface area contributed by atoms with Crippen LogP contribution in [0.5, 0.6) is 0 Å². The largest absolute Gasteiger partial charge is 0.208 e. The molecule has 0 unspecified atom stereocenters. The highest BCUT2D eigenvalue weighted by molar-refractivity contribution is 5.80. The first-order valence-corrected chi connectivity index (χ1v) is 18.2. The number of nitrogens with zero attached hydrogens (tertiary/aromatic N) is 7. The molecule has 9 aromatic rings. The summed E-state index contributed by atoms with van der Waals surface area (Å²) in [6.07, 6.45) is 0. The predicted molar refractivity (Wildman–Crippen MR) is 221 cm³/mol. The number of benzene rings is 7. The first-order chi connectivity index (χ1) is 27.7. The van der Waals surface area contributed by atoms with Gasteiger partial charge < -0.3 is 0 Å². The number of aromatic nitrogens is 6. The molecule has 0 aliphatic heterocycles. The van der Waals surface area contributed by atoms with Gasteiger partial charge in [-0.1, -0.05) is 158 Å². The maximum atomic E-state index is 10.2. The van der Waals surface area contributed by atoms with Gasteiger partial charge in [-0.3, -0.25) is 0 Å². The van der Waals surface area contributed by atoms with E-state index in [-0.39, 0.29) is 0 Å². The van der Waals surface area contributed by atoms with Crippen LogP contribution in [0.3, 0.4) is 0 Å². The van der Waals surface area contributed by atoms with Gasteiger partial charge in [-0.25, -0.2) is 29.9 Å². The summed E-state index contributed by atoms with van der Waals surface area (Å²) in [5, 5.41) is 10.2. The average Bonchev–Trinajstić information content (AvgIpc) is 3.30. The van der Waals surface area contributed by atoms with E-state index in [9.17, 15) is 5.26 Å². The lowest BCUT2D eigenvalue weighted by molar-refractivity contribution is 1.07. The molecule has 0 amide bonds. The number of hydrogen-bond acceptors (Lipinski definition) is 7. The van der Waals surface area contributed by atoms with Crippen LogP contribution in [-0.4, -0.2) is 29.9 Å². The van der Waals surface area contributed by atoms with Crippen molar-refractivity contribution in [3.8, 4) is 96.7 Å². The molecule has 2 aromatic heterocycles. The number of rotatable bonds is 8. The quantitative estimate of drug-likeness (QED) is 0.154. The fraction of sp³-hybridized carbons (Fsp3) is 0. The molecule has 262 valence electrons. The van der Waals surface area contributed by atoms with E-state index in [2.05, 4.69) is 24.3 Å². The molecule has 0 radical (unpaired) electrons. The van der Waals surface area contributed by atoms with E-state index in [0.717, 1.165) is 55.6 Å². The van der Waals surface area contributed by atoms with E-state index in [1.165, 1.54) is 0 Å². The summed E-state index contributed by atoms with van der Waals surface area (Å²) < 4.78 is 0. The molecule has 0 aliphatic rings. The lowest BCUT2D eigenvalue weighted by Gasteiger charge is -2.12. The highest BCUT2D eigenvalue weighted by Gasteiger charge is 2.16. The molecule has 2 heterocycles. The fourth-order valence-electron chi connectivity index (χ4n) is 6.58. The van der Waals surface area contributed by atoms with E-state index < -0.39 is 0 Å². The van der Waals surface area contributed by atoms with Gasteiger partial charge >= 0.3 is 0 Å². The first kappa shape index (κ1) is 33.9. The second-order valence-electron chi connectivity index (χ2n) is 13.1. The van der Waals surface area contributed by atoms with E-state index in [1.54, 1.807) is 0 Å². The van der Waals surface area contributed by atoms with E-state index in [0.29, 0.717) is 40.5 Å². The van der Waals surface area contributed by atoms with Crippen LogP contribution in [0.4, 0.5) is 0 Å². The van der Waals surface area contributed by atoms with Gasteiger partial charge in [-0.05, 0) is 52.6 Å². The van der Waals surface area contributed by atoms with Crippen molar-refractivity contribution >= 4 is 0 Å². The second kappa shape index (κ2) is 15.2. The molecule has 0 saturated heterocycles. The minimum absolute atomic E-state index is 0.545. The van der Waals surface area contributed by atoms with Crippen LogP contribution >= 0.6 is 0 Å². The van der Waals surface area contributed by atoms with E-state index in [1.807, 2.05) is 170 Å². The van der Waals surface area contributed by atoms with Crippen molar-refractivity contribution in [3.63, 3.8) is 0 Å². The van der Waals surface area contributed by atoms with Gasteiger partial charge in [-0.2, -0.15) is 5.26 Å². The van der Waals surface area contributed by atoms with Gasteiger partial charge in [0.2, 0.25) is 0 Å². The Morgan fingerprint density at radius 2 is 0.500 bits per heavy atom. The van der Waals surface area contributed by atoms with Crippen LogP contribution in [0.2, 0.25) is 0 Å². The number of hydrogen-bond donors (Lipinski definition) is 0. The zero-order valence-corrected chi connectivity index (χ0v) is 30.0. The van der Waals surface area contributed by atoms with Crippen LogP contribution in [-0.2, 0) is 0 Å². The molecule has 9 rings (SSSR count). The molecular formula is C49H31N7. The normalized spacial score (nSPS) is 10.8. The predicted octanol–water partition coefficient (Wildman–Crippen LogP) is 11.3. The van der Waals surface area contributed by atoms with Gasteiger partial charge in [0.05, 0.1) is 11.6 Å². The van der Waals surface area contributed by atoms with Gasteiger partial charge in [0.1, 0.15) is 0 Å². The van der Waals surface area contributed by atoms with Gasteiger partial charge in [0.25, 0.3) is 0 Å². The minimum atomic E-state index is 0.545. The zero-order valence-electron chi connectivity index (χ0n) is 30.0. The smallest absolute Gasteiger partial charge is 0.164 e. The summed E-state index contributed by atoms with van der Waals surface area (Å²) in [6, 6.07) is 64.2. The van der Waals surface area contributed by atoms with Crippen molar-refractivity contribution < 1.29 is 0 Å². The first-order valence-electron chi connectivity index (χ1n) is 18.2. The Hall–Kier alpha value is -7.95. The van der Waals surface area contributed by atoms with Crippen molar-refractivity contribution in [1.82, 2.24) is 29.9 Å². The zero-order chi connectivity index (χ0) is 37.7. The maximum absolute atomic E-state index is 10.2. The van der Waals surface area contributed by atoms with Crippen molar-refractivity contribution in [2.75, 3.05) is 0 Å². The lowest BCUT2D eigenvalue weighted by atomic mass is 9.94. The molecule has 7 aromatic carbocycles. The summed E-state index contributed by atoms with van der Waals surface area (Å²) in [6.45, 7) is 0. The van der Waals surface area contributed by atoms with Gasteiger partial charge in [0, 0.05) is 33.4 Å². The molecular weight excluding hydrogens is 687 g/mol. The van der Waals surface area contributed by atoms with Crippen molar-refractivity contribution in [1.29, 1.82) is 5.26 Å². The highest BCUT2D eigenvalue weighted by atomic mass is 15.0. The summed E-state index contributed by atoms with van der Waals surface area (Å²) in [4.78, 5) is 29.4. The Labute approximate surface area is 324 Å². The lowest BCUT2D eigenvalue weighted by Crippen LogP contribution is -2.00. The Kier molecular flexibility index (Phi) is 9.18. The third-order valence-corrected chi connectivity index (χ3v) is 9.37. The van der Waals surface area contributed by atoms with E-state index in [4.69, 9.17) is 29.9 Å². The average molecular weight is 718 g/mol. The molecule has 0 atom stereocenters. The van der Waals surface area contributed by atoms with E-state index >= 15 is 0 Å². The van der Waals surface area contributed by atoms with Crippen LogP contribution in [0.15, 0.2) is 188 Å². The summed E-state index contributed by atoms with van der Waals surface area (Å²) >= 11 is 0. The summed E-state index contributed by atoms with van der Waals surface area (Å²) in [5.41, 5.74) is 9.48. The van der Waals surface area contributed by atoms with Crippen molar-refractivity contribution in [2.45, 2.75) is 0 Å². The molecule has 7 heteroatoms. The summed E-state index contributed by atoms with van der Waals surface area (Å²) in [5.74, 6) is 3.51. The van der Waals surface area contributed by atoms with Gasteiger partial charge in [0.15, 0.2) is 34.9 Å². The molecule has 0 bridgehead atoms. The second-order valence-corrected chi connectivity index (χ2v) is 13.1. The summed E-state index contributed by atoms with van der Waals surface area (Å²) in [7, 11) is 0. The fourth-order valence-corrected chi connectivity index (χ4v) is 6.58. The molecule has 0 fully saturated rings.